The summed E-state index contributed by atoms with van der Waals surface area (Å²) in [5, 5.41) is 240. The van der Waals surface area contributed by atoms with Crippen LogP contribution < -0.4 is 0 Å². The number of ether oxygens (including phenoxy) is 16. The summed E-state index contributed by atoms with van der Waals surface area (Å²) in [6.07, 6.45) is -56.7. The minimum atomic E-state index is -2.08. The quantitative estimate of drug-likeness (QED) is 0.0306. The first-order valence-corrected chi connectivity index (χ1v) is 40.4. The molecule has 39 nitrogen and oxygen atoms in total. The Morgan fingerprint density at radius 2 is 0.913 bits per heavy atom. The highest BCUT2D eigenvalue weighted by atomic mass is 16.8. The SMILES string of the molecule is CC1OC(OCC2OC(OC3C(CO)OC(OC4COC(OC5C(O)C(C)OC(OC6C(OC7CCC8(C)C(CCC9(C)C8CC=C8C%10CC(C)(C)CCC%10(C(=O)OC%10OC(COC%11OC(CO)C(O)C(O)C%11O)C(O)C(O)C%10O)CCC89C)C7(C)C)OCC(O)C6O)C5O)C(O)C4O)C(O)C3O)C(O)C(O)C2O)C(O)C(O)C1O. The minimum Gasteiger partial charge on any atom is -0.432 e. The molecule has 13 aliphatic rings. The van der Waals surface area contributed by atoms with Gasteiger partial charge in [0.1, 0.15) is 171 Å². The molecule has 13 rings (SSSR count). The molecule has 662 valence electrons. The molecule has 5 aliphatic carbocycles. The van der Waals surface area contributed by atoms with E-state index in [0.717, 1.165) is 12.8 Å². The van der Waals surface area contributed by atoms with Crippen LogP contribution in [0, 0.1) is 50.2 Å². The van der Waals surface area contributed by atoms with Gasteiger partial charge in [-0.3, -0.25) is 4.79 Å². The van der Waals surface area contributed by atoms with Crippen molar-refractivity contribution in [3.8, 4) is 0 Å². The highest BCUT2D eigenvalue weighted by molar-refractivity contribution is 5.79. The van der Waals surface area contributed by atoms with E-state index in [0.29, 0.717) is 51.4 Å². The molecule has 0 amide bonds. The van der Waals surface area contributed by atoms with Gasteiger partial charge in [-0.25, -0.2) is 0 Å². The number of carbonyl (C=O) groups is 1. The first-order chi connectivity index (χ1) is 54.0. The van der Waals surface area contributed by atoms with Crippen molar-refractivity contribution in [2.75, 3.05) is 39.6 Å². The predicted molar refractivity (Wildman–Crippen MR) is 379 cm³/mol. The highest BCUT2D eigenvalue weighted by Gasteiger charge is 2.71. The van der Waals surface area contributed by atoms with Gasteiger partial charge in [0.05, 0.1) is 63.4 Å². The Hall–Kier alpha value is -2.27. The van der Waals surface area contributed by atoms with Crippen LogP contribution in [0.1, 0.15) is 127 Å². The normalized spacial score (nSPS) is 54.6. The molecule has 22 N–H and O–H groups in total. The minimum absolute atomic E-state index is 0.0505. The molecule has 0 aromatic carbocycles. The molecule has 8 aliphatic heterocycles. The Labute approximate surface area is 664 Å². The van der Waals surface area contributed by atoms with Gasteiger partial charge in [-0.1, -0.05) is 60.1 Å². The van der Waals surface area contributed by atoms with Crippen molar-refractivity contribution >= 4 is 5.97 Å². The summed E-state index contributed by atoms with van der Waals surface area (Å²) in [7, 11) is 0. The van der Waals surface area contributed by atoms with Crippen LogP contribution in [0.2, 0.25) is 0 Å². The van der Waals surface area contributed by atoms with Gasteiger partial charge in [-0.2, -0.15) is 0 Å². The molecule has 0 bridgehead atoms. The molecular weight excluding hydrogens is 1540 g/mol. The van der Waals surface area contributed by atoms with E-state index in [1.807, 2.05) is 0 Å². The van der Waals surface area contributed by atoms with Gasteiger partial charge in [0.15, 0.2) is 44.0 Å². The Bertz CT molecular complexity index is 3290. The maximum absolute atomic E-state index is 15.3. The fourth-order valence-corrected chi connectivity index (χ4v) is 21.5. The van der Waals surface area contributed by atoms with Gasteiger partial charge < -0.3 is 188 Å². The number of aliphatic hydroxyl groups is 22. The number of aliphatic hydroxyl groups excluding tert-OH is 22. The molecule has 4 saturated carbocycles. The molecular formula is C76H124O39. The number of allylic oxidation sites excluding steroid dienone is 2. The Balaban J connectivity index is 0.629. The topological polar surface area (TPSA) is 610 Å². The number of hydrogen-bond acceptors (Lipinski definition) is 39. The van der Waals surface area contributed by atoms with E-state index in [1.165, 1.54) is 19.4 Å². The zero-order valence-corrected chi connectivity index (χ0v) is 65.9. The number of carbonyl (C=O) groups excluding carboxylic acids is 1. The van der Waals surface area contributed by atoms with E-state index >= 15 is 4.79 Å². The number of fused-ring (bicyclic) bond motifs is 7. The van der Waals surface area contributed by atoms with Crippen LogP contribution >= 0.6 is 0 Å². The van der Waals surface area contributed by atoms with E-state index in [-0.39, 0.29) is 40.6 Å². The molecule has 115 heavy (non-hydrogen) atoms. The lowest BCUT2D eigenvalue weighted by atomic mass is 9.33. The number of rotatable bonds is 20. The number of hydrogen-bond donors (Lipinski definition) is 22. The monoisotopic (exact) mass is 1660 g/mol. The Kier molecular flexibility index (Phi) is 27.3. The van der Waals surface area contributed by atoms with Crippen molar-refractivity contribution in [1.29, 1.82) is 0 Å². The summed E-state index contributed by atoms with van der Waals surface area (Å²) < 4.78 is 94.6. The van der Waals surface area contributed by atoms with E-state index in [2.05, 4.69) is 54.5 Å². The summed E-state index contributed by atoms with van der Waals surface area (Å²) in [5.74, 6) is -0.721. The zero-order chi connectivity index (χ0) is 83.7. The van der Waals surface area contributed by atoms with Crippen molar-refractivity contribution in [3.05, 3.63) is 11.6 Å². The second-order valence-corrected chi connectivity index (χ2v) is 36.7. The smallest absolute Gasteiger partial charge is 0.315 e. The van der Waals surface area contributed by atoms with Crippen molar-refractivity contribution in [2.24, 2.45) is 50.2 Å². The van der Waals surface area contributed by atoms with Gasteiger partial charge in [-0.05, 0) is 123 Å². The van der Waals surface area contributed by atoms with Crippen LogP contribution in [-0.4, -0.2) is 397 Å². The lowest BCUT2D eigenvalue weighted by Gasteiger charge is -2.71. The first kappa shape index (κ1) is 90.5. The molecule has 0 aromatic rings. The lowest BCUT2D eigenvalue weighted by molar-refractivity contribution is -0.387. The first-order valence-electron chi connectivity index (χ1n) is 40.4. The van der Waals surface area contributed by atoms with Crippen LogP contribution in [-0.2, 0) is 80.6 Å². The largest absolute Gasteiger partial charge is 0.432 e. The van der Waals surface area contributed by atoms with Gasteiger partial charge >= 0.3 is 5.97 Å². The average molecular weight is 1660 g/mol. The van der Waals surface area contributed by atoms with Gasteiger partial charge in [-0.15, -0.1) is 0 Å². The van der Waals surface area contributed by atoms with Crippen LogP contribution in [0.15, 0.2) is 11.6 Å². The molecule has 8 saturated heterocycles. The maximum Gasteiger partial charge on any atom is 0.315 e. The summed E-state index contributed by atoms with van der Waals surface area (Å²) in [6, 6.07) is 0. The molecule has 46 unspecified atom stereocenters. The van der Waals surface area contributed by atoms with E-state index in [4.69, 9.17) is 75.8 Å². The molecule has 46 atom stereocenters. The van der Waals surface area contributed by atoms with Gasteiger partial charge in [0.2, 0.25) is 6.29 Å². The lowest BCUT2D eigenvalue weighted by Crippen LogP contribution is -2.66. The second-order valence-electron chi connectivity index (χ2n) is 36.7. The second kappa shape index (κ2) is 34.7. The fraction of sp³-hybridized carbons (Fsp3) is 0.961. The Morgan fingerprint density at radius 3 is 1.56 bits per heavy atom. The van der Waals surface area contributed by atoms with Crippen LogP contribution in [0.25, 0.3) is 0 Å². The number of esters is 1. The third-order valence-corrected chi connectivity index (χ3v) is 29.0. The summed E-state index contributed by atoms with van der Waals surface area (Å²) in [4.78, 5) is 15.3. The van der Waals surface area contributed by atoms with E-state index in [1.54, 1.807) is 0 Å². The van der Waals surface area contributed by atoms with Crippen LogP contribution in [0.4, 0.5) is 0 Å². The molecule has 39 heteroatoms. The molecule has 12 fully saturated rings. The molecule has 0 spiro atoms. The van der Waals surface area contributed by atoms with Crippen molar-refractivity contribution < 1.29 is 193 Å². The molecule has 0 radical (unpaired) electrons. The average Bonchev–Trinajstić information content (AvgIpc) is 0.674. The third kappa shape index (κ3) is 16.4. The van der Waals surface area contributed by atoms with Crippen molar-refractivity contribution in [2.45, 2.75) is 366 Å². The molecule has 8 heterocycles. The maximum atomic E-state index is 15.3. The predicted octanol–water partition coefficient (Wildman–Crippen LogP) is -7.41. The summed E-state index contributed by atoms with van der Waals surface area (Å²) in [5.41, 5.74) is -1.64. The molecule has 0 aromatic heterocycles. The van der Waals surface area contributed by atoms with Crippen molar-refractivity contribution in [3.63, 3.8) is 0 Å². The van der Waals surface area contributed by atoms with Crippen LogP contribution in [0.3, 0.4) is 0 Å². The Morgan fingerprint density at radius 1 is 0.417 bits per heavy atom. The van der Waals surface area contributed by atoms with Gasteiger partial charge in [0.25, 0.3) is 0 Å². The fourth-order valence-electron chi connectivity index (χ4n) is 21.5. The zero-order valence-electron chi connectivity index (χ0n) is 65.9. The summed E-state index contributed by atoms with van der Waals surface area (Å²) in [6.45, 7) is 14.6. The van der Waals surface area contributed by atoms with Gasteiger partial charge in [0, 0.05) is 0 Å². The van der Waals surface area contributed by atoms with E-state index in [9.17, 15) is 112 Å². The standard InChI is InChI=1S/C76H124O39/c1-27-40(80)47(87)53(93)62(104-27)101-24-34-44(84)49(89)55(95)66(109-34)112-59-33(22-78)107-65(57(97)51(59)91)108-36-26-103-64(52(92)46(36)86)113-60-41(81)28(2)105-68(58(60)98)114-61-42(82)31(79)23-100-69(61)111-39-13-14-73(7)37(72(39,5)6)12-15-75(9)38(73)11-10-29-30-20-71(3,4)16-18-76(30,19-17-74(29,75)8)70(99)115-67-56(96)50(90)45(85)35(110-67)25-102-63-54(94)48(88)43(83)32(21-77)106-63/h10,27-28,30-69,77-98H,11-26H2,1-9H3. The van der Waals surface area contributed by atoms with Crippen molar-refractivity contribution in [1.82, 2.24) is 0 Å². The van der Waals surface area contributed by atoms with E-state index < -0.39 is 295 Å². The highest BCUT2D eigenvalue weighted by Crippen LogP contribution is 2.76. The van der Waals surface area contributed by atoms with Crippen LogP contribution in [0.5, 0.6) is 0 Å². The summed E-state index contributed by atoms with van der Waals surface area (Å²) >= 11 is 0. The third-order valence-electron chi connectivity index (χ3n) is 29.0.